The van der Waals surface area contributed by atoms with E-state index in [-0.39, 0.29) is 12.2 Å². The second-order valence-electron chi connectivity index (χ2n) is 6.98. The lowest BCUT2D eigenvalue weighted by Crippen LogP contribution is -2.34. The maximum atomic E-state index is 13.1. The van der Waals surface area contributed by atoms with Gasteiger partial charge < -0.3 is 14.5 Å². The van der Waals surface area contributed by atoms with Crippen molar-refractivity contribution in [1.82, 2.24) is 9.88 Å². The molecule has 1 fully saturated rings. The summed E-state index contributed by atoms with van der Waals surface area (Å²) in [5.41, 5.74) is 1.91. The number of hydrogen-bond acceptors (Lipinski definition) is 5. The van der Waals surface area contributed by atoms with Crippen molar-refractivity contribution in [1.29, 1.82) is 0 Å². The van der Waals surface area contributed by atoms with Crippen LogP contribution in [0.3, 0.4) is 0 Å². The van der Waals surface area contributed by atoms with E-state index in [1.54, 1.807) is 19.3 Å². The van der Waals surface area contributed by atoms with Gasteiger partial charge in [-0.1, -0.05) is 0 Å². The minimum atomic E-state index is -4.82. The molecule has 1 aromatic heterocycles. The third kappa shape index (κ3) is 4.73. The lowest BCUT2D eigenvalue weighted by molar-refractivity contribution is -0.274. The molecule has 10 heteroatoms. The van der Waals surface area contributed by atoms with Crippen LogP contribution in [0.15, 0.2) is 42.7 Å². The number of halogens is 3. The summed E-state index contributed by atoms with van der Waals surface area (Å²) in [6, 6.07) is 5.18. The molecule has 0 radical (unpaired) electrons. The number of rotatable bonds is 7. The summed E-state index contributed by atoms with van der Waals surface area (Å²) >= 11 is 0. The zero-order chi connectivity index (χ0) is 22.8. The highest BCUT2D eigenvalue weighted by molar-refractivity contribution is 6.21. The van der Waals surface area contributed by atoms with Crippen LogP contribution in [0.1, 0.15) is 26.3 Å². The number of imide groups is 1. The van der Waals surface area contributed by atoms with E-state index in [9.17, 15) is 22.8 Å². The van der Waals surface area contributed by atoms with Crippen molar-refractivity contribution in [2.45, 2.75) is 39.7 Å². The fourth-order valence-corrected chi connectivity index (χ4v) is 3.53. The van der Waals surface area contributed by atoms with Crippen LogP contribution in [0.2, 0.25) is 0 Å². The topological polar surface area (TPSA) is 66.0 Å². The van der Waals surface area contributed by atoms with Crippen molar-refractivity contribution in [2.24, 2.45) is 0 Å². The third-order valence-corrected chi connectivity index (χ3v) is 5.14. The van der Waals surface area contributed by atoms with Gasteiger partial charge in [0.25, 0.3) is 5.91 Å². The van der Waals surface area contributed by atoms with Gasteiger partial charge in [-0.25, -0.2) is 9.69 Å². The normalized spacial score (nSPS) is 16.8. The number of carbonyl (C=O) groups excluding carboxylic acids is 2. The number of pyridine rings is 1. The standard InChI is InChI=1S/C21H23F3N4O3/c1-4-26(5-2)18-12-25-11-10-15(18)13-27-14(3)19(29)28(20(27)30)16-6-8-17(9-7-16)31-21(22,23)24/h6-12,14H,4-5,13H2,1-3H3. The van der Waals surface area contributed by atoms with Crippen molar-refractivity contribution in [3.05, 3.63) is 48.3 Å². The van der Waals surface area contributed by atoms with Crippen LogP contribution >= 0.6 is 0 Å². The van der Waals surface area contributed by atoms with Gasteiger partial charge >= 0.3 is 12.4 Å². The lowest BCUT2D eigenvalue weighted by atomic mass is 10.1. The maximum absolute atomic E-state index is 13.1. The van der Waals surface area contributed by atoms with E-state index < -0.39 is 30.1 Å². The quantitative estimate of drug-likeness (QED) is 0.609. The highest BCUT2D eigenvalue weighted by Crippen LogP contribution is 2.31. The van der Waals surface area contributed by atoms with Crippen molar-refractivity contribution in [3.63, 3.8) is 0 Å². The molecule has 166 valence electrons. The average Bonchev–Trinajstić information content (AvgIpc) is 2.93. The summed E-state index contributed by atoms with van der Waals surface area (Å²) in [7, 11) is 0. The third-order valence-electron chi connectivity index (χ3n) is 5.14. The zero-order valence-electron chi connectivity index (χ0n) is 17.4. The summed E-state index contributed by atoms with van der Waals surface area (Å²) in [6.45, 7) is 7.38. The van der Waals surface area contributed by atoms with Gasteiger partial charge in [0, 0.05) is 19.3 Å². The number of hydrogen-bond donors (Lipinski definition) is 0. The van der Waals surface area contributed by atoms with Gasteiger partial charge in [-0.05, 0) is 56.7 Å². The smallest absolute Gasteiger partial charge is 0.406 e. The van der Waals surface area contributed by atoms with Gasteiger partial charge in [-0.2, -0.15) is 0 Å². The molecule has 31 heavy (non-hydrogen) atoms. The molecule has 7 nitrogen and oxygen atoms in total. The van der Waals surface area contributed by atoms with Crippen LogP contribution < -0.4 is 14.5 Å². The highest BCUT2D eigenvalue weighted by atomic mass is 19.4. The Morgan fingerprint density at radius 1 is 1.10 bits per heavy atom. The van der Waals surface area contributed by atoms with Crippen molar-refractivity contribution >= 4 is 23.3 Å². The summed E-state index contributed by atoms with van der Waals surface area (Å²) in [6.07, 6.45) is -1.46. The fraction of sp³-hybridized carbons (Fsp3) is 0.381. The highest BCUT2D eigenvalue weighted by Gasteiger charge is 2.43. The number of carbonyl (C=O) groups is 2. The molecule has 1 saturated heterocycles. The Morgan fingerprint density at radius 2 is 1.74 bits per heavy atom. The van der Waals surface area contributed by atoms with Crippen molar-refractivity contribution < 1.29 is 27.5 Å². The maximum Gasteiger partial charge on any atom is 0.573 e. The van der Waals surface area contributed by atoms with E-state index in [1.165, 1.54) is 17.0 Å². The molecule has 0 saturated carbocycles. The van der Waals surface area contributed by atoms with Crippen LogP contribution in [0, 0.1) is 0 Å². The molecule has 1 aliphatic heterocycles. The van der Waals surface area contributed by atoms with Gasteiger partial charge in [0.15, 0.2) is 0 Å². The van der Waals surface area contributed by atoms with Gasteiger partial charge in [0.2, 0.25) is 0 Å². The predicted molar refractivity (Wildman–Crippen MR) is 109 cm³/mol. The van der Waals surface area contributed by atoms with E-state index in [0.29, 0.717) is 0 Å². The molecule has 3 amide bonds. The molecule has 2 aromatic rings. The first kappa shape index (κ1) is 22.4. The number of alkyl halides is 3. The van der Waals surface area contributed by atoms with E-state index in [1.807, 2.05) is 19.9 Å². The summed E-state index contributed by atoms with van der Waals surface area (Å²) in [4.78, 5) is 34.5. The van der Waals surface area contributed by atoms with E-state index in [2.05, 4.69) is 14.6 Å². The number of amides is 3. The Morgan fingerprint density at radius 3 is 2.32 bits per heavy atom. The van der Waals surface area contributed by atoms with Crippen LogP contribution in [0.5, 0.6) is 5.75 Å². The Kier molecular flexibility index (Phi) is 6.37. The number of urea groups is 1. The Balaban J connectivity index is 1.84. The van der Waals surface area contributed by atoms with E-state index in [0.717, 1.165) is 41.4 Å². The summed E-state index contributed by atoms with van der Waals surface area (Å²) < 4.78 is 40.9. The van der Waals surface area contributed by atoms with Crippen molar-refractivity contribution in [3.8, 4) is 5.75 Å². The molecular formula is C21H23F3N4O3. The van der Waals surface area contributed by atoms with Crippen LogP contribution in [0.4, 0.5) is 29.3 Å². The summed E-state index contributed by atoms with van der Waals surface area (Å²) in [5.74, 6) is -0.881. The number of ether oxygens (including phenoxy) is 1. The molecule has 3 rings (SSSR count). The Labute approximate surface area is 178 Å². The van der Waals surface area contributed by atoms with Gasteiger partial charge in [-0.3, -0.25) is 9.78 Å². The summed E-state index contributed by atoms with van der Waals surface area (Å²) in [5, 5.41) is 0. The molecule has 0 N–H and O–H groups in total. The zero-order valence-corrected chi connectivity index (χ0v) is 17.4. The largest absolute Gasteiger partial charge is 0.573 e. The van der Waals surface area contributed by atoms with Crippen molar-refractivity contribution in [2.75, 3.05) is 22.9 Å². The Bertz CT molecular complexity index is 946. The van der Waals surface area contributed by atoms with Gasteiger partial charge in [0.1, 0.15) is 11.8 Å². The second-order valence-corrected chi connectivity index (χ2v) is 6.98. The predicted octanol–water partition coefficient (Wildman–Crippen LogP) is 4.18. The molecule has 1 unspecified atom stereocenters. The number of nitrogens with zero attached hydrogens (tertiary/aromatic N) is 4. The molecule has 0 spiro atoms. The Hall–Kier alpha value is -3.30. The molecule has 0 bridgehead atoms. The second kappa shape index (κ2) is 8.83. The first-order chi connectivity index (χ1) is 14.7. The van der Waals surface area contributed by atoms with Crippen LogP contribution in [0.25, 0.3) is 0 Å². The SMILES string of the molecule is CCN(CC)c1cnccc1CN1C(=O)N(c2ccc(OC(F)(F)F)cc2)C(=O)C1C. The number of anilines is 2. The molecule has 1 atom stereocenters. The number of benzene rings is 1. The average molecular weight is 436 g/mol. The van der Waals surface area contributed by atoms with E-state index >= 15 is 0 Å². The molecular weight excluding hydrogens is 413 g/mol. The van der Waals surface area contributed by atoms with Gasteiger partial charge in [0.05, 0.1) is 24.1 Å². The molecule has 1 aromatic carbocycles. The van der Waals surface area contributed by atoms with Crippen LogP contribution in [-0.2, 0) is 11.3 Å². The minimum Gasteiger partial charge on any atom is -0.406 e. The monoisotopic (exact) mass is 436 g/mol. The first-order valence-corrected chi connectivity index (χ1v) is 9.84. The molecule has 2 heterocycles. The fourth-order valence-electron chi connectivity index (χ4n) is 3.53. The van der Waals surface area contributed by atoms with Gasteiger partial charge in [-0.15, -0.1) is 13.2 Å². The van der Waals surface area contributed by atoms with E-state index in [4.69, 9.17) is 0 Å². The molecule has 0 aliphatic carbocycles. The first-order valence-electron chi connectivity index (χ1n) is 9.84. The number of aromatic nitrogens is 1. The van der Waals surface area contributed by atoms with Crippen LogP contribution in [-0.4, -0.2) is 47.3 Å². The lowest BCUT2D eigenvalue weighted by Gasteiger charge is -2.26. The minimum absolute atomic E-state index is 0.178. The molecule has 1 aliphatic rings.